The summed E-state index contributed by atoms with van der Waals surface area (Å²) in [6.45, 7) is 6.59. The number of hydrogen-bond donors (Lipinski definition) is 3. The fraction of sp³-hybridized carbons (Fsp3) is 0.357. The Morgan fingerprint density at radius 1 is 1.14 bits per heavy atom. The Hall–Kier alpha value is -2.41. The van der Waals surface area contributed by atoms with E-state index in [0.29, 0.717) is 12.6 Å². The van der Waals surface area contributed by atoms with E-state index in [1.807, 2.05) is 32.9 Å². The molecule has 2 rings (SSSR count). The topological polar surface area (TPSA) is 98.0 Å². The standard InChI is InChI=1S/C14H20N6O/c1-4-7-21-14-18-12(17-13(19-14)20-15)16-11-8-9(2)5-6-10(11)3/h5-6,8H,4,7,15H2,1-3H3,(H2,16,17,18,19,20). The highest BCUT2D eigenvalue weighted by molar-refractivity contribution is 5.60. The predicted molar refractivity (Wildman–Crippen MR) is 82.6 cm³/mol. The minimum Gasteiger partial charge on any atom is -0.463 e. The number of ether oxygens (including phenoxy) is 1. The molecule has 0 saturated heterocycles. The van der Waals surface area contributed by atoms with Crippen LogP contribution in [-0.4, -0.2) is 21.6 Å². The van der Waals surface area contributed by atoms with Crippen LogP contribution in [0.2, 0.25) is 0 Å². The quantitative estimate of drug-likeness (QED) is 0.554. The number of benzene rings is 1. The van der Waals surface area contributed by atoms with Gasteiger partial charge in [-0.2, -0.15) is 15.0 Å². The largest absolute Gasteiger partial charge is 0.463 e. The third kappa shape index (κ3) is 4.03. The van der Waals surface area contributed by atoms with E-state index in [9.17, 15) is 0 Å². The number of aryl methyl sites for hydroxylation is 2. The van der Waals surface area contributed by atoms with E-state index in [1.165, 1.54) is 0 Å². The van der Waals surface area contributed by atoms with Gasteiger partial charge in [0, 0.05) is 5.69 Å². The second-order valence-electron chi connectivity index (χ2n) is 4.70. The van der Waals surface area contributed by atoms with E-state index in [0.717, 1.165) is 23.2 Å². The highest BCUT2D eigenvalue weighted by Gasteiger charge is 2.08. The van der Waals surface area contributed by atoms with Crippen LogP contribution < -0.4 is 21.3 Å². The van der Waals surface area contributed by atoms with E-state index in [-0.39, 0.29) is 12.0 Å². The highest BCUT2D eigenvalue weighted by Crippen LogP contribution is 2.21. The van der Waals surface area contributed by atoms with Crippen molar-refractivity contribution in [1.82, 2.24) is 15.0 Å². The maximum atomic E-state index is 5.43. The maximum absolute atomic E-state index is 5.43. The molecule has 7 heteroatoms. The van der Waals surface area contributed by atoms with Crippen molar-refractivity contribution in [3.63, 3.8) is 0 Å². The van der Waals surface area contributed by atoms with Gasteiger partial charge in [0.05, 0.1) is 6.61 Å². The lowest BCUT2D eigenvalue weighted by Crippen LogP contribution is -2.14. The average molecular weight is 288 g/mol. The Balaban J connectivity index is 2.27. The van der Waals surface area contributed by atoms with Crippen LogP contribution in [-0.2, 0) is 0 Å². The van der Waals surface area contributed by atoms with E-state index in [4.69, 9.17) is 10.6 Å². The molecule has 0 atom stereocenters. The molecular formula is C14H20N6O. The molecule has 0 aliphatic carbocycles. The molecule has 0 aliphatic rings. The first-order valence-corrected chi connectivity index (χ1v) is 6.82. The van der Waals surface area contributed by atoms with Gasteiger partial charge in [0.1, 0.15) is 0 Å². The van der Waals surface area contributed by atoms with Crippen molar-refractivity contribution in [1.29, 1.82) is 0 Å². The number of nitrogens with two attached hydrogens (primary N) is 1. The van der Waals surface area contributed by atoms with Gasteiger partial charge < -0.3 is 10.1 Å². The summed E-state index contributed by atoms with van der Waals surface area (Å²) in [7, 11) is 0. The number of nitrogen functional groups attached to an aromatic ring is 1. The normalized spacial score (nSPS) is 10.3. The molecule has 1 aromatic heterocycles. The average Bonchev–Trinajstić information content (AvgIpc) is 2.48. The van der Waals surface area contributed by atoms with E-state index < -0.39 is 0 Å². The van der Waals surface area contributed by atoms with Crippen LogP contribution in [0, 0.1) is 13.8 Å². The molecule has 0 radical (unpaired) electrons. The van der Waals surface area contributed by atoms with Crippen molar-refractivity contribution in [2.45, 2.75) is 27.2 Å². The molecule has 0 unspecified atom stereocenters. The van der Waals surface area contributed by atoms with E-state index in [2.05, 4.69) is 31.8 Å². The molecule has 7 nitrogen and oxygen atoms in total. The molecular weight excluding hydrogens is 268 g/mol. The molecule has 21 heavy (non-hydrogen) atoms. The Morgan fingerprint density at radius 2 is 1.90 bits per heavy atom. The first-order valence-electron chi connectivity index (χ1n) is 6.82. The van der Waals surface area contributed by atoms with Crippen LogP contribution in [0.4, 0.5) is 17.6 Å². The Bertz CT molecular complexity index is 616. The molecule has 0 aliphatic heterocycles. The summed E-state index contributed by atoms with van der Waals surface area (Å²) < 4.78 is 5.43. The number of nitrogens with zero attached hydrogens (tertiary/aromatic N) is 3. The summed E-state index contributed by atoms with van der Waals surface area (Å²) in [5.74, 6) is 6.02. The number of nitrogens with one attached hydrogen (secondary N) is 2. The van der Waals surface area contributed by atoms with Crippen molar-refractivity contribution in [3.8, 4) is 6.01 Å². The van der Waals surface area contributed by atoms with Gasteiger partial charge >= 0.3 is 6.01 Å². The van der Waals surface area contributed by atoms with Gasteiger partial charge in [0.25, 0.3) is 0 Å². The zero-order valence-corrected chi connectivity index (χ0v) is 12.5. The monoisotopic (exact) mass is 288 g/mol. The molecule has 0 amide bonds. The number of hydrazine groups is 1. The minimum atomic E-state index is 0.243. The first-order chi connectivity index (χ1) is 10.1. The number of rotatable bonds is 6. The maximum Gasteiger partial charge on any atom is 0.323 e. The van der Waals surface area contributed by atoms with E-state index >= 15 is 0 Å². The molecule has 0 saturated carbocycles. The lowest BCUT2D eigenvalue weighted by atomic mass is 10.1. The molecule has 0 bridgehead atoms. The van der Waals surface area contributed by atoms with Crippen LogP contribution in [0.3, 0.4) is 0 Å². The molecule has 1 aromatic carbocycles. The SMILES string of the molecule is CCCOc1nc(NN)nc(Nc2cc(C)ccc2C)n1. The van der Waals surface area contributed by atoms with Gasteiger partial charge in [-0.25, -0.2) is 5.84 Å². The number of aromatic nitrogens is 3. The van der Waals surface area contributed by atoms with Gasteiger partial charge in [-0.3, -0.25) is 5.43 Å². The van der Waals surface area contributed by atoms with Crippen molar-refractivity contribution in [3.05, 3.63) is 29.3 Å². The van der Waals surface area contributed by atoms with Crippen LogP contribution in [0.15, 0.2) is 18.2 Å². The zero-order valence-electron chi connectivity index (χ0n) is 12.5. The Morgan fingerprint density at radius 3 is 2.62 bits per heavy atom. The lowest BCUT2D eigenvalue weighted by molar-refractivity contribution is 0.292. The summed E-state index contributed by atoms with van der Waals surface area (Å²) in [4.78, 5) is 12.5. The third-order valence-electron chi connectivity index (χ3n) is 2.82. The second-order valence-corrected chi connectivity index (χ2v) is 4.70. The molecule has 4 N–H and O–H groups in total. The van der Waals surface area contributed by atoms with Crippen molar-refractivity contribution in [2.75, 3.05) is 17.3 Å². The van der Waals surface area contributed by atoms with Gasteiger partial charge in [0.2, 0.25) is 11.9 Å². The number of anilines is 3. The minimum absolute atomic E-state index is 0.243. The highest BCUT2D eigenvalue weighted by atomic mass is 16.5. The molecule has 0 spiro atoms. The molecule has 1 heterocycles. The van der Waals surface area contributed by atoms with Gasteiger partial charge in [-0.1, -0.05) is 19.1 Å². The van der Waals surface area contributed by atoms with Crippen LogP contribution in [0.5, 0.6) is 6.01 Å². The van der Waals surface area contributed by atoms with Gasteiger partial charge in [-0.05, 0) is 37.5 Å². The van der Waals surface area contributed by atoms with Gasteiger partial charge in [0.15, 0.2) is 0 Å². The summed E-state index contributed by atoms with van der Waals surface area (Å²) in [5.41, 5.74) is 5.60. The molecule has 0 fully saturated rings. The Labute approximate surface area is 123 Å². The summed E-state index contributed by atoms with van der Waals surface area (Å²) in [6.07, 6.45) is 0.872. The summed E-state index contributed by atoms with van der Waals surface area (Å²) in [6, 6.07) is 6.36. The number of hydrogen-bond acceptors (Lipinski definition) is 7. The smallest absolute Gasteiger partial charge is 0.323 e. The first kappa shape index (κ1) is 15.0. The van der Waals surface area contributed by atoms with Gasteiger partial charge in [-0.15, -0.1) is 0 Å². The molecule has 112 valence electrons. The van der Waals surface area contributed by atoms with Crippen molar-refractivity contribution < 1.29 is 4.74 Å². The fourth-order valence-electron chi connectivity index (χ4n) is 1.73. The summed E-state index contributed by atoms with van der Waals surface area (Å²) in [5, 5.41) is 3.17. The third-order valence-corrected chi connectivity index (χ3v) is 2.82. The fourth-order valence-corrected chi connectivity index (χ4v) is 1.73. The lowest BCUT2D eigenvalue weighted by Gasteiger charge is -2.11. The summed E-state index contributed by atoms with van der Waals surface area (Å²) >= 11 is 0. The van der Waals surface area contributed by atoms with Crippen LogP contribution in [0.25, 0.3) is 0 Å². The van der Waals surface area contributed by atoms with Crippen LogP contribution in [0.1, 0.15) is 24.5 Å². The molecule has 2 aromatic rings. The van der Waals surface area contributed by atoms with Crippen LogP contribution >= 0.6 is 0 Å². The second kappa shape index (κ2) is 6.85. The Kier molecular flexibility index (Phi) is 4.89. The predicted octanol–water partition coefficient (Wildman–Crippen LogP) is 2.31. The zero-order chi connectivity index (χ0) is 15.2. The van der Waals surface area contributed by atoms with Crippen molar-refractivity contribution in [2.24, 2.45) is 5.84 Å². The van der Waals surface area contributed by atoms with E-state index in [1.54, 1.807) is 0 Å². The van der Waals surface area contributed by atoms with Crippen molar-refractivity contribution >= 4 is 17.6 Å².